The average Bonchev–Trinajstić information content (AvgIpc) is 3.24. The van der Waals surface area contributed by atoms with Crippen LogP contribution in [0.25, 0.3) is 11.3 Å². The molecule has 31 heavy (non-hydrogen) atoms. The Morgan fingerprint density at radius 1 is 1.00 bits per heavy atom. The van der Waals surface area contributed by atoms with Gasteiger partial charge in [-0.3, -0.25) is 4.79 Å². The fourth-order valence-electron chi connectivity index (χ4n) is 3.70. The van der Waals surface area contributed by atoms with Crippen LogP contribution in [0, 0.1) is 0 Å². The normalized spacial score (nSPS) is 14.6. The van der Waals surface area contributed by atoms with Crippen molar-refractivity contribution in [2.75, 3.05) is 42.9 Å². The second-order valence-electron chi connectivity index (χ2n) is 7.30. The number of rotatable bonds is 5. The molecule has 5 nitrogen and oxygen atoms in total. The van der Waals surface area contributed by atoms with E-state index < -0.39 is 0 Å². The lowest BCUT2D eigenvalue weighted by Crippen LogP contribution is -2.46. The smallest absolute Gasteiger partial charge is 0.291 e. The topological polar surface area (TPSA) is 48.7 Å². The van der Waals surface area contributed by atoms with E-state index in [1.165, 1.54) is 0 Å². The molecule has 0 atom stereocenters. The number of nitrogens with one attached hydrogen (secondary N) is 1. The minimum absolute atomic E-state index is 0.183. The monoisotopic (exact) mass is 477 g/mol. The third-order valence-corrected chi connectivity index (χ3v) is 6.25. The third kappa shape index (κ3) is 4.85. The molecular weight excluding hydrogens is 457 g/mol. The molecule has 2 heterocycles. The molecule has 0 unspecified atom stereocenters. The van der Waals surface area contributed by atoms with E-state index in [1.807, 2.05) is 18.2 Å². The molecule has 2 aromatic carbocycles. The van der Waals surface area contributed by atoms with Gasteiger partial charge in [-0.15, -0.1) is 0 Å². The van der Waals surface area contributed by atoms with E-state index in [0.717, 1.165) is 38.4 Å². The highest BCUT2D eigenvalue weighted by Crippen LogP contribution is 2.36. The molecule has 1 aromatic heterocycles. The summed E-state index contributed by atoms with van der Waals surface area (Å²) in [6, 6.07) is 14.0. The zero-order chi connectivity index (χ0) is 22.0. The SMILES string of the molecule is CCN1CCN(c2c(Cl)cccc2NC(=O)c2ccc(-c3ccc(Cl)cc3Cl)o2)CC1. The Labute approximate surface area is 196 Å². The number of benzene rings is 2. The number of anilines is 2. The molecule has 4 rings (SSSR count). The number of hydrogen-bond donors (Lipinski definition) is 1. The minimum Gasteiger partial charge on any atom is -0.451 e. The standard InChI is InChI=1S/C23H22Cl3N3O2/c1-2-28-10-12-29(13-11-28)22-17(25)4-3-5-19(22)27-23(30)21-9-8-20(31-21)16-7-6-15(24)14-18(16)26/h3-9,14H,2,10-13H2,1H3,(H,27,30). The molecule has 1 N–H and O–H groups in total. The van der Waals surface area contributed by atoms with Gasteiger partial charge in [-0.2, -0.15) is 0 Å². The number of carbonyl (C=O) groups excluding carboxylic acids is 1. The highest BCUT2D eigenvalue weighted by Gasteiger charge is 2.22. The van der Waals surface area contributed by atoms with Crippen molar-refractivity contribution in [1.82, 2.24) is 4.90 Å². The molecule has 1 fully saturated rings. The van der Waals surface area contributed by atoms with Gasteiger partial charge in [0.1, 0.15) is 5.76 Å². The number of para-hydroxylation sites is 1. The minimum atomic E-state index is -0.355. The molecule has 1 aliphatic heterocycles. The van der Waals surface area contributed by atoms with Crippen molar-refractivity contribution in [3.8, 4) is 11.3 Å². The predicted octanol–water partition coefficient (Wildman–Crippen LogP) is 6.30. The predicted molar refractivity (Wildman–Crippen MR) is 128 cm³/mol. The molecule has 1 aliphatic rings. The lowest BCUT2D eigenvalue weighted by Gasteiger charge is -2.36. The summed E-state index contributed by atoms with van der Waals surface area (Å²) in [4.78, 5) is 17.5. The first kappa shape index (κ1) is 22.0. The zero-order valence-corrected chi connectivity index (χ0v) is 19.3. The van der Waals surface area contributed by atoms with Crippen LogP contribution in [-0.4, -0.2) is 43.5 Å². The molecule has 162 valence electrons. The van der Waals surface area contributed by atoms with Gasteiger partial charge in [0.2, 0.25) is 0 Å². The largest absolute Gasteiger partial charge is 0.451 e. The highest BCUT2D eigenvalue weighted by atomic mass is 35.5. The van der Waals surface area contributed by atoms with Crippen LogP contribution in [-0.2, 0) is 0 Å². The van der Waals surface area contributed by atoms with E-state index in [4.69, 9.17) is 39.2 Å². The van der Waals surface area contributed by atoms with Gasteiger partial charge >= 0.3 is 0 Å². The van der Waals surface area contributed by atoms with Crippen LogP contribution in [0.4, 0.5) is 11.4 Å². The Balaban J connectivity index is 1.54. The molecule has 0 aliphatic carbocycles. The third-order valence-electron chi connectivity index (χ3n) is 5.40. The summed E-state index contributed by atoms with van der Waals surface area (Å²) in [6.45, 7) is 6.79. The molecule has 0 bridgehead atoms. The Morgan fingerprint density at radius 3 is 2.48 bits per heavy atom. The van der Waals surface area contributed by atoms with Crippen molar-refractivity contribution in [2.45, 2.75) is 6.92 Å². The summed E-state index contributed by atoms with van der Waals surface area (Å²) in [6.07, 6.45) is 0. The summed E-state index contributed by atoms with van der Waals surface area (Å²) in [5, 5.41) is 4.55. The van der Waals surface area contributed by atoms with Gasteiger partial charge in [0.15, 0.2) is 5.76 Å². The quantitative estimate of drug-likeness (QED) is 0.467. The lowest BCUT2D eigenvalue weighted by atomic mass is 10.2. The Hall–Kier alpha value is -2.18. The van der Waals surface area contributed by atoms with Crippen LogP contribution in [0.5, 0.6) is 0 Å². The van der Waals surface area contributed by atoms with Gasteiger partial charge in [0.05, 0.1) is 21.4 Å². The van der Waals surface area contributed by atoms with Gasteiger partial charge < -0.3 is 19.5 Å². The highest BCUT2D eigenvalue weighted by molar-refractivity contribution is 6.36. The van der Waals surface area contributed by atoms with Gasteiger partial charge in [-0.1, -0.05) is 47.8 Å². The lowest BCUT2D eigenvalue weighted by molar-refractivity contribution is 0.0997. The van der Waals surface area contributed by atoms with Crippen molar-refractivity contribution >= 4 is 52.1 Å². The first-order valence-electron chi connectivity index (χ1n) is 10.1. The molecule has 1 amide bonds. The van der Waals surface area contributed by atoms with Gasteiger partial charge in [0, 0.05) is 36.8 Å². The summed E-state index contributed by atoms with van der Waals surface area (Å²) in [5.41, 5.74) is 2.16. The second-order valence-corrected chi connectivity index (χ2v) is 8.55. The van der Waals surface area contributed by atoms with Crippen molar-refractivity contribution in [2.24, 2.45) is 0 Å². The van der Waals surface area contributed by atoms with Gasteiger partial charge in [0.25, 0.3) is 5.91 Å². The van der Waals surface area contributed by atoms with Crippen molar-refractivity contribution < 1.29 is 9.21 Å². The first-order valence-corrected chi connectivity index (χ1v) is 11.2. The molecule has 1 saturated heterocycles. The first-order chi connectivity index (χ1) is 15.0. The zero-order valence-electron chi connectivity index (χ0n) is 17.0. The van der Waals surface area contributed by atoms with E-state index in [9.17, 15) is 4.79 Å². The van der Waals surface area contributed by atoms with E-state index in [-0.39, 0.29) is 11.7 Å². The fourth-order valence-corrected chi connectivity index (χ4v) is 4.50. The van der Waals surface area contributed by atoms with Crippen molar-refractivity contribution in [3.05, 3.63) is 69.4 Å². The van der Waals surface area contributed by atoms with Crippen LogP contribution in [0.2, 0.25) is 15.1 Å². The van der Waals surface area contributed by atoms with E-state index in [2.05, 4.69) is 22.0 Å². The summed E-state index contributed by atoms with van der Waals surface area (Å²) >= 11 is 18.7. The number of carbonyl (C=O) groups is 1. The number of likely N-dealkylation sites (N-methyl/N-ethyl adjacent to an activating group) is 1. The molecule has 8 heteroatoms. The van der Waals surface area contributed by atoms with Crippen molar-refractivity contribution in [1.29, 1.82) is 0 Å². The number of furan rings is 1. The van der Waals surface area contributed by atoms with Crippen LogP contribution in [0.15, 0.2) is 52.9 Å². The Bertz CT molecular complexity index is 1090. The molecule has 0 spiro atoms. The van der Waals surface area contributed by atoms with Crippen LogP contribution in [0.1, 0.15) is 17.5 Å². The number of nitrogens with zero attached hydrogens (tertiary/aromatic N) is 2. The number of hydrogen-bond acceptors (Lipinski definition) is 4. The second kappa shape index (κ2) is 9.53. The van der Waals surface area contributed by atoms with Gasteiger partial charge in [-0.05, 0) is 49.0 Å². The van der Waals surface area contributed by atoms with Gasteiger partial charge in [-0.25, -0.2) is 0 Å². The van der Waals surface area contributed by atoms with E-state index in [1.54, 1.807) is 30.3 Å². The Kier molecular flexibility index (Phi) is 6.77. The number of halogens is 3. The summed E-state index contributed by atoms with van der Waals surface area (Å²) in [7, 11) is 0. The van der Waals surface area contributed by atoms with Crippen LogP contribution in [0.3, 0.4) is 0 Å². The van der Waals surface area contributed by atoms with Crippen LogP contribution < -0.4 is 10.2 Å². The maximum Gasteiger partial charge on any atom is 0.291 e. The molecule has 0 radical (unpaired) electrons. The van der Waals surface area contributed by atoms with Crippen molar-refractivity contribution in [3.63, 3.8) is 0 Å². The number of amides is 1. The molecule has 3 aromatic rings. The van der Waals surface area contributed by atoms with E-state index in [0.29, 0.717) is 32.1 Å². The maximum atomic E-state index is 12.9. The summed E-state index contributed by atoms with van der Waals surface area (Å²) in [5.74, 6) is 0.323. The number of piperazine rings is 1. The van der Waals surface area contributed by atoms with Crippen LogP contribution >= 0.6 is 34.8 Å². The Morgan fingerprint density at radius 2 is 1.77 bits per heavy atom. The van der Waals surface area contributed by atoms with E-state index >= 15 is 0 Å². The maximum absolute atomic E-state index is 12.9. The fraction of sp³-hybridized carbons (Fsp3) is 0.261. The molecule has 0 saturated carbocycles. The molecular formula is C23H22Cl3N3O2. The summed E-state index contributed by atoms with van der Waals surface area (Å²) < 4.78 is 5.78. The average molecular weight is 479 g/mol.